The van der Waals surface area contributed by atoms with Crippen LogP contribution >= 0.6 is 22.6 Å². The lowest BCUT2D eigenvalue weighted by atomic mass is 10.2. The van der Waals surface area contributed by atoms with Crippen molar-refractivity contribution in [2.75, 3.05) is 0 Å². The van der Waals surface area contributed by atoms with Crippen molar-refractivity contribution in [2.45, 2.75) is 13.0 Å². The Bertz CT molecular complexity index is 497. The summed E-state index contributed by atoms with van der Waals surface area (Å²) in [4.78, 5) is 4.12. The van der Waals surface area contributed by atoms with E-state index in [0.717, 1.165) is 9.32 Å². The van der Waals surface area contributed by atoms with Gasteiger partial charge in [0.2, 0.25) is 0 Å². The van der Waals surface area contributed by atoms with Gasteiger partial charge in [-0.2, -0.15) is 0 Å². The Morgan fingerprint density at radius 1 is 1.24 bits per heavy atom. The van der Waals surface area contributed by atoms with Crippen molar-refractivity contribution in [3.63, 3.8) is 0 Å². The maximum Gasteiger partial charge on any atom is 0.145 e. The zero-order valence-corrected chi connectivity index (χ0v) is 11.5. The number of hydrogen-bond acceptors (Lipinski definition) is 3. The van der Waals surface area contributed by atoms with E-state index in [2.05, 4.69) is 27.6 Å². The van der Waals surface area contributed by atoms with Crippen LogP contribution in [0.3, 0.4) is 0 Å². The summed E-state index contributed by atoms with van der Waals surface area (Å²) < 4.78 is 6.76. The van der Waals surface area contributed by atoms with Gasteiger partial charge in [-0.1, -0.05) is 6.07 Å². The summed E-state index contributed by atoms with van der Waals surface area (Å²) in [6.45, 7) is 1.68. The second kappa shape index (κ2) is 5.46. The molecule has 0 fully saturated rings. The number of rotatable bonds is 3. The molecule has 4 heteroatoms. The van der Waals surface area contributed by atoms with Gasteiger partial charge in [-0.05, 0) is 59.8 Å². The van der Waals surface area contributed by atoms with Crippen molar-refractivity contribution in [1.82, 2.24) is 4.98 Å². The number of benzene rings is 1. The van der Waals surface area contributed by atoms with Crippen molar-refractivity contribution in [1.29, 1.82) is 0 Å². The van der Waals surface area contributed by atoms with Gasteiger partial charge in [-0.25, -0.2) is 0 Å². The van der Waals surface area contributed by atoms with E-state index in [0.29, 0.717) is 11.4 Å². The van der Waals surface area contributed by atoms with Gasteiger partial charge in [0.05, 0.1) is 18.0 Å². The van der Waals surface area contributed by atoms with Crippen LogP contribution in [0.1, 0.15) is 18.7 Å². The molecule has 2 aromatic rings. The van der Waals surface area contributed by atoms with Crippen LogP contribution in [-0.2, 0) is 0 Å². The average molecular weight is 341 g/mol. The SMILES string of the molecule is CC(O)c1ccc(Oc2cccc(I)c2)cn1. The smallest absolute Gasteiger partial charge is 0.145 e. The molecule has 0 aliphatic rings. The molecule has 1 aromatic heterocycles. The molecule has 1 heterocycles. The number of halogens is 1. The molecule has 17 heavy (non-hydrogen) atoms. The standard InChI is InChI=1S/C13H12INO2/c1-9(16)13-6-5-12(8-15-13)17-11-4-2-3-10(14)7-11/h2-9,16H,1H3. The Morgan fingerprint density at radius 3 is 2.65 bits per heavy atom. The van der Waals surface area contributed by atoms with Gasteiger partial charge in [0, 0.05) is 3.57 Å². The number of hydrogen-bond donors (Lipinski definition) is 1. The van der Waals surface area contributed by atoms with Crippen LogP contribution < -0.4 is 4.74 Å². The summed E-state index contributed by atoms with van der Waals surface area (Å²) in [6, 6.07) is 11.3. The van der Waals surface area contributed by atoms with Crippen molar-refractivity contribution in [3.05, 3.63) is 51.9 Å². The molecule has 88 valence electrons. The van der Waals surface area contributed by atoms with Gasteiger partial charge in [0.1, 0.15) is 11.5 Å². The Morgan fingerprint density at radius 2 is 2.06 bits per heavy atom. The van der Waals surface area contributed by atoms with E-state index in [-0.39, 0.29) is 0 Å². The summed E-state index contributed by atoms with van der Waals surface area (Å²) >= 11 is 2.23. The predicted octanol–water partition coefficient (Wildman–Crippen LogP) is 3.53. The third kappa shape index (κ3) is 3.41. The largest absolute Gasteiger partial charge is 0.456 e. The predicted molar refractivity (Wildman–Crippen MR) is 74.1 cm³/mol. The summed E-state index contributed by atoms with van der Waals surface area (Å²) in [5.41, 5.74) is 0.639. The van der Waals surface area contributed by atoms with Crippen LogP contribution in [0, 0.1) is 3.57 Å². The van der Waals surface area contributed by atoms with E-state index < -0.39 is 6.10 Å². The second-order valence-electron chi connectivity index (χ2n) is 3.65. The third-order valence-electron chi connectivity index (χ3n) is 2.22. The highest BCUT2D eigenvalue weighted by molar-refractivity contribution is 14.1. The highest BCUT2D eigenvalue weighted by Gasteiger charge is 2.03. The first-order chi connectivity index (χ1) is 8.15. The number of aliphatic hydroxyl groups is 1. The fourth-order valence-electron chi connectivity index (χ4n) is 1.37. The first-order valence-corrected chi connectivity index (χ1v) is 6.30. The minimum Gasteiger partial charge on any atom is -0.456 e. The summed E-state index contributed by atoms with van der Waals surface area (Å²) in [7, 11) is 0. The summed E-state index contributed by atoms with van der Waals surface area (Å²) in [5, 5.41) is 9.34. The fraction of sp³-hybridized carbons (Fsp3) is 0.154. The van der Waals surface area contributed by atoms with Gasteiger partial charge in [-0.15, -0.1) is 0 Å². The molecular weight excluding hydrogens is 329 g/mol. The highest BCUT2D eigenvalue weighted by Crippen LogP contribution is 2.23. The van der Waals surface area contributed by atoms with Crippen molar-refractivity contribution in [2.24, 2.45) is 0 Å². The minimum atomic E-state index is -0.554. The molecule has 0 amide bonds. The Balaban J connectivity index is 2.14. The first kappa shape index (κ1) is 12.3. The molecule has 0 radical (unpaired) electrons. The number of nitrogens with zero attached hydrogens (tertiary/aromatic N) is 1. The third-order valence-corrected chi connectivity index (χ3v) is 2.89. The molecule has 0 saturated carbocycles. The lowest BCUT2D eigenvalue weighted by Crippen LogP contribution is -1.95. The lowest BCUT2D eigenvalue weighted by molar-refractivity contribution is 0.194. The lowest BCUT2D eigenvalue weighted by Gasteiger charge is -2.07. The quantitative estimate of drug-likeness (QED) is 0.869. The van der Waals surface area contributed by atoms with Crippen LogP contribution in [0.15, 0.2) is 42.6 Å². The topological polar surface area (TPSA) is 42.4 Å². The summed E-state index contributed by atoms with van der Waals surface area (Å²) in [6.07, 6.45) is 1.06. The van der Waals surface area contributed by atoms with Gasteiger partial charge in [0.25, 0.3) is 0 Å². The molecule has 0 bridgehead atoms. The van der Waals surface area contributed by atoms with Crippen LogP contribution in [0.2, 0.25) is 0 Å². The molecule has 1 atom stereocenters. The van der Waals surface area contributed by atoms with E-state index in [9.17, 15) is 5.11 Å². The average Bonchev–Trinajstić information content (AvgIpc) is 2.29. The molecule has 2 rings (SSSR count). The van der Waals surface area contributed by atoms with Gasteiger partial charge in [-0.3, -0.25) is 4.98 Å². The van der Waals surface area contributed by atoms with Crippen LogP contribution in [-0.4, -0.2) is 10.1 Å². The molecule has 0 saturated heterocycles. The Labute approximate surface area is 114 Å². The second-order valence-corrected chi connectivity index (χ2v) is 4.90. The molecular formula is C13H12INO2. The zero-order valence-electron chi connectivity index (χ0n) is 9.30. The van der Waals surface area contributed by atoms with Crippen LogP contribution in [0.5, 0.6) is 11.5 Å². The van der Waals surface area contributed by atoms with Crippen molar-refractivity contribution >= 4 is 22.6 Å². The number of aliphatic hydroxyl groups excluding tert-OH is 1. The van der Waals surface area contributed by atoms with Crippen molar-refractivity contribution < 1.29 is 9.84 Å². The van der Waals surface area contributed by atoms with E-state index in [4.69, 9.17) is 4.74 Å². The van der Waals surface area contributed by atoms with Gasteiger partial charge >= 0.3 is 0 Å². The van der Waals surface area contributed by atoms with E-state index >= 15 is 0 Å². The van der Waals surface area contributed by atoms with Gasteiger partial charge < -0.3 is 9.84 Å². The normalized spacial score (nSPS) is 12.2. The fourth-order valence-corrected chi connectivity index (χ4v) is 1.88. The molecule has 0 aliphatic heterocycles. The molecule has 1 aromatic carbocycles. The van der Waals surface area contributed by atoms with Crippen LogP contribution in [0.4, 0.5) is 0 Å². The van der Waals surface area contributed by atoms with E-state index in [1.165, 1.54) is 0 Å². The maximum absolute atomic E-state index is 9.34. The minimum absolute atomic E-state index is 0.554. The Hall–Kier alpha value is -1.14. The van der Waals surface area contributed by atoms with Gasteiger partial charge in [0.15, 0.2) is 0 Å². The molecule has 3 nitrogen and oxygen atoms in total. The van der Waals surface area contributed by atoms with E-state index in [1.54, 1.807) is 25.3 Å². The maximum atomic E-state index is 9.34. The van der Waals surface area contributed by atoms with Crippen LogP contribution in [0.25, 0.3) is 0 Å². The molecule has 0 spiro atoms. The number of pyridine rings is 1. The van der Waals surface area contributed by atoms with E-state index in [1.807, 2.05) is 24.3 Å². The monoisotopic (exact) mass is 341 g/mol. The van der Waals surface area contributed by atoms with Crippen molar-refractivity contribution in [3.8, 4) is 11.5 Å². The number of aromatic nitrogens is 1. The molecule has 1 N–H and O–H groups in total. The Kier molecular flexibility index (Phi) is 3.96. The number of ether oxygens (including phenoxy) is 1. The zero-order chi connectivity index (χ0) is 12.3. The molecule has 1 unspecified atom stereocenters. The summed E-state index contributed by atoms with van der Waals surface area (Å²) in [5.74, 6) is 1.44. The highest BCUT2D eigenvalue weighted by atomic mass is 127. The first-order valence-electron chi connectivity index (χ1n) is 5.22. The molecule has 0 aliphatic carbocycles.